The van der Waals surface area contributed by atoms with Crippen LogP contribution >= 0.6 is 0 Å². The van der Waals surface area contributed by atoms with Crippen LogP contribution in [0.5, 0.6) is 0 Å². The van der Waals surface area contributed by atoms with Crippen LogP contribution in [0.4, 0.5) is 5.69 Å². The lowest BCUT2D eigenvalue weighted by molar-refractivity contribution is 0.545. The third-order valence-electron chi connectivity index (χ3n) is 3.86. The molecule has 4 heteroatoms. The standard InChI is InChI=1S/C17H30N4/c1-6-21(14-7-8-14)16-11-19-17(13(4)5)20-15(16)10-18-9-12(2)3/h11-14,18H,6-10H2,1-5H3. The second-order valence-electron chi connectivity index (χ2n) is 6.76. The quantitative estimate of drug-likeness (QED) is 0.797. The number of aromatic nitrogens is 2. The van der Waals surface area contributed by atoms with Crippen molar-refractivity contribution in [1.82, 2.24) is 15.3 Å². The van der Waals surface area contributed by atoms with E-state index < -0.39 is 0 Å². The number of nitrogens with zero attached hydrogens (tertiary/aromatic N) is 3. The van der Waals surface area contributed by atoms with Crippen molar-refractivity contribution < 1.29 is 0 Å². The SMILES string of the molecule is CCN(c1cnc(C(C)C)nc1CNCC(C)C)C1CC1. The molecule has 4 nitrogen and oxygen atoms in total. The average Bonchev–Trinajstić information content (AvgIpc) is 3.25. The van der Waals surface area contributed by atoms with E-state index in [1.165, 1.54) is 18.5 Å². The summed E-state index contributed by atoms with van der Waals surface area (Å²) in [6.07, 6.45) is 4.65. The van der Waals surface area contributed by atoms with Gasteiger partial charge in [0.1, 0.15) is 5.82 Å². The van der Waals surface area contributed by atoms with Gasteiger partial charge in [0.2, 0.25) is 0 Å². The van der Waals surface area contributed by atoms with E-state index in [0.29, 0.717) is 17.9 Å². The molecule has 2 rings (SSSR count). The highest BCUT2D eigenvalue weighted by Crippen LogP contribution is 2.32. The fourth-order valence-electron chi connectivity index (χ4n) is 2.57. The summed E-state index contributed by atoms with van der Waals surface area (Å²) < 4.78 is 0. The molecule has 21 heavy (non-hydrogen) atoms. The van der Waals surface area contributed by atoms with Gasteiger partial charge in [0.15, 0.2) is 0 Å². The van der Waals surface area contributed by atoms with Crippen molar-refractivity contribution in [3.63, 3.8) is 0 Å². The smallest absolute Gasteiger partial charge is 0.131 e. The second kappa shape index (κ2) is 7.21. The molecule has 1 saturated carbocycles. The van der Waals surface area contributed by atoms with Crippen molar-refractivity contribution in [2.24, 2.45) is 5.92 Å². The van der Waals surface area contributed by atoms with Crippen molar-refractivity contribution in [3.05, 3.63) is 17.7 Å². The first kappa shape index (κ1) is 16.2. The summed E-state index contributed by atoms with van der Waals surface area (Å²) in [5.74, 6) is 1.98. The average molecular weight is 290 g/mol. The molecule has 0 saturated heterocycles. The van der Waals surface area contributed by atoms with E-state index in [4.69, 9.17) is 4.98 Å². The van der Waals surface area contributed by atoms with Crippen LogP contribution in [-0.4, -0.2) is 29.1 Å². The first-order chi connectivity index (χ1) is 10.0. The van der Waals surface area contributed by atoms with Crippen LogP contribution in [0.2, 0.25) is 0 Å². The van der Waals surface area contributed by atoms with Crippen LogP contribution in [0.3, 0.4) is 0 Å². The zero-order valence-corrected chi connectivity index (χ0v) is 14.2. The Labute approximate surface area is 129 Å². The molecule has 0 aliphatic heterocycles. The minimum Gasteiger partial charge on any atom is -0.366 e. The molecule has 0 aromatic carbocycles. The van der Waals surface area contributed by atoms with Gasteiger partial charge in [-0.05, 0) is 32.2 Å². The number of nitrogens with one attached hydrogen (secondary N) is 1. The number of anilines is 1. The maximum absolute atomic E-state index is 4.83. The Morgan fingerprint density at radius 3 is 2.52 bits per heavy atom. The molecule has 1 aliphatic rings. The largest absolute Gasteiger partial charge is 0.366 e. The van der Waals surface area contributed by atoms with Gasteiger partial charge in [-0.2, -0.15) is 0 Å². The molecule has 0 unspecified atom stereocenters. The fourth-order valence-corrected chi connectivity index (χ4v) is 2.57. The van der Waals surface area contributed by atoms with Crippen molar-refractivity contribution in [2.75, 3.05) is 18.0 Å². The lowest BCUT2D eigenvalue weighted by Crippen LogP contribution is -2.29. The summed E-state index contributed by atoms with van der Waals surface area (Å²) in [4.78, 5) is 11.9. The molecule has 1 aliphatic carbocycles. The van der Waals surface area contributed by atoms with Crippen LogP contribution < -0.4 is 10.2 Å². The number of rotatable bonds is 8. The van der Waals surface area contributed by atoms with Crippen molar-refractivity contribution in [3.8, 4) is 0 Å². The maximum Gasteiger partial charge on any atom is 0.131 e. The van der Waals surface area contributed by atoms with E-state index in [1.807, 2.05) is 6.20 Å². The van der Waals surface area contributed by atoms with Crippen molar-refractivity contribution >= 4 is 5.69 Å². The normalized spacial score (nSPS) is 15.0. The molecule has 1 N–H and O–H groups in total. The summed E-state index contributed by atoms with van der Waals surface area (Å²) in [5, 5.41) is 3.53. The fraction of sp³-hybridized carbons (Fsp3) is 0.765. The predicted octanol–water partition coefficient (Wildman–Crippen LogP) is 3.33. The molecule has 0 atom stereocenters. The van der Waals surface area contributed by atoms with E-state index in [9.17, 15) is 0 Å². The lowest BCUT2D eigenvalue weighted by Gasteiger charge is -2.25. The van der Waals surface area contributed by atoms with Gasteiger partial charge >= 0.3 is 0 Å². The second-order valence-corrected chi connectivity index (χ2v) is 6.76. The van der Waals surface area contributed by atoms with Crippen molar-refractivity contribution in [1.29, 1.82) is 0 Å². The Morgan fingerprint density at radius 1 is 1.29 bits per heavy atom. The summed E-state index contributed by atoms with van der Waals surface area (Å²) in [7, 11) is 0. The highest BCUT2D eigenvalue weighted by Gasteiger charge is 2.30. The number of hydrogen-bond donors (Lipinski definition) is 1. The van der Waals surface area contributed by atoms with Gasteiger partial charge in [-0.25, -0.2) is 9.97 Å². The zero-order valence-electron chi connectivity index (χ0n) is 14.2. The van der Waals surface area contributed by atoms with Crippen LogP contribution in [0.15, 0.2) is 6.20 Å². The Morgan fingerprint density at radius 2 is 2.00 bits per heavy atom. The highest BCUT2D eigenvalue weighted by atomic mass is 15.2. The van der Waals surface area contributed by atoms with Crippen LogP contribution in [0.1, 0.15) is 64.9 Å². The lowest BCUT2D eigenvalue weighted by atomic mass is 10.2. The van der Waals surface area contributed by atoms with Crippen LogP contribution in [-0.2, 0) is 6.54 Å². The van der Waals surface area contributed by atoms with E-state index in [2.05, 4.69) is 49.8 Å². The molecule has 0 amide bonds. The molecule has 0 spiro atoms. The van der Waals surface area contributed by atoms with E-state index in [0.717, 1.165) is 31.2 Å². The Kier molecular flexibility index (Phi) is 5.57. The van der Waals surface area contributed by atoms with Gasteiger partial charge < -0.3 is 10.2 Å². The molecule has 0 bridgehead atoms. The monoisotopic (exact) mass is 290 g/mol. The molecule has 1 heterocycles. The molecule has 1 aromatic heterocycles. The minimum absolute atomic E-state index is 0.374. The third kappa shape index (κ3) is 4.40. The van der Waals surface area contributed by atoms with E-state index in [1.54, 1.807) is 0 Å². The van der Waals surface area contributed by atoms with Crippen LogP contribution in [0, 0.1) is 5.92 Å². The first-order valence-corrected chi connectivity index (χ1v) is 8.36. The molecule has 118 valence electrons. The Bertz CT molecular complexity index is 452. The van der Waals surface area contributed by atoms with E-state index in [-0.39, 0.29) is 0 Å². The predicted molar refractivity (Wildman–Crippen MR) is 88.7 cm³/mol. The molecule has 1 aromatic rings. The van der Waals surface area contributed by atoms with E-state index >= 15 is 0 Å². The van der Waals surface area contributed by atoms with Gasteiger partial charge in [-0.15, -0.1) is 0 Å². The Balaban J connectivity index is 2.20. The van der Waals surface area contributed by atoms with Gasteiger partial charge in [-0.1, -0.05) is 27.7 Å². The van der Waals surface area contributed by atoms with Gasteiger partial charge in [0.25, 0.3) is 0 Å². The van der Waals surface area contributed by atoms with Gasteiger partial charge in [-0.3, -0.25) is 0 Å². The van der Waals surface area contributed by atoms with Crippen molar-refractivity contribution in [2.45, 2.75) is 66.0 Å². The Hall–Kier alpha value is -1.16. The highest BCUT2D eigenvalue weighted by molar-refractivity contribution is 5.51. The first-order valence-electron chi connectivity index (χ1n) is 8.36. The molecule has 1 fully saturated rings. The molecule has 0 radical (unpaired) electrons. The van der Waals surface area contributed by atoms with Crippen LogP contribution in [0.25, 0.3) is 0 Å². The summed E-state index contributed by atoms with van der Waals surface area (Å²) in [6.45, 7) is 13.9. The third-order valence-corrected chi connectivity index (χ3v) is 3.86. The van der Waals surface area contributed by atoms with Gasteiger partial charge in [0.05, 0.1) is 17.6 Å². The number of hydrogen-bond acceptors (Lipinski definition) is 4. The molecular weight excluding hydrogens is 260 g/mol. The zero-order chi connectivity index (χ0) is 15.4. The summed E-state index contributed by atoms with van der Waals surface area (Å²) in [6, 6.07) is 0.701. The minimum atomic E-state index is 0.374. The summed E-state index contributed by atoms with van der Waals surface area (Å²) in [5.41, 5.74) is 2.38. The maximum atomic E-state index is 4.83. The topological polar surface area (TPSA) is 41.1 Å². The molecular formula is C17H30N4. The van der Waals surface area contributed by atoms with Gasteiger partial charge in [0, 0.05) is 25.0 Å². The summed E-state index contributed by atoms with van der Waals surface area (Å²) >= 11 is 0.